The van der Waals surface area contributed by atoms with Gasteiger partial charge in [0.2, 0.25) is 5.88 Å². The number of hydrazine groups is 1. The van der Waals surface area contributed by atoms with Crippen LogP contribution in [0.2, 0.25) is 0 Å². The lowest BCUT2D eigenvalue weighted by Gasteiger charge is -2.11. The molecule has 1 heterocycles. The van der Waals surface area contributed by atoms with Crippen molar-refractivity contribution in [3.05, 3.63) is 11.4 Å². The van der Waals surface area contributed by atoms with E-state index in [2.05, 4.69) is 15.4 Å². The molecule has 0 spiro atoms. The number of aliphatic hydroxyl groups excluding tert-OH is 1. The fourth-order valence-electron chi connectivity index (χ4n) is 1.30. The van der Waals surface area contributed by atoms with Gasteiger partial charge in [0.25, 0.3) is 0 Å². The van der Waals surface area contributed by atoms with E-state index in [-0.39, 0.29) is 13.2 Å². The molecule has 1 aromatic rings. The van der Waals surface area contributed by atoms with E-state index in [1.165, 1.54) is 0 Å². The molecule has 0 radical (unpaired) electrons. The predicted molar refractivity (Wildman–Crippen MR) is 61.2 cm³/mol. The molecule has 6 nitrogen and oxygen atoms in total. The van der Waals surface area contributed by atoms with Crippen LogP contribution in [0.15, 0.2) is 0 Å². The van der Waals surface area contributed by atoms with Gasteiger partial charge in [-0.25, -0.2) is 10.8 Å². The first-order chi connectivity index (χ1) is 7.72. The summed E-state index contributed by atoms with van der Waals surface area (Å²) in [7, 11) is 0. The predicted octanol–water partition coefficient (Wildman–Crippen LogP) is 0.394. The highest BCUT2D eigenvalue weighted by Crippen LogP contribution is 2.21. The molecule has 16 heavy (non-hydrogen) atoms. The third kappa shape index (κ3) is 3.04. The third-order valence-corrected chi connectivity index (χ3v) is 2.09. The number of ether oxygens (including phenoxy) is 1. The zero-order valence-electron chi connectivity index (χ0n) is 9.66. The number of nitrogens with zero attached hydrogens (tertiary/aromatic N) is 2. The zero-order chi connectivity index (χ0) is 12.0. The van der Waals surface area contributed by atoms with Crippen molar-refractivity contribution in [2.45, 2.75) is 26.7 Å². The van der Waals surface area contributed by atoms with E-state index >= 15 is 0 Å². The Hall–Kier alpha value is -1.40. The Morgan fingerprint density at radius 1 is 1.44 bits per heavy atom. The van der Waals surface area contributed by atoms with Gasteiger partial charge in [-0.05, 0) is 13.3 Å². The molecule has 0 saturated carbocycles. The maximum Gasteiger partial charge on any atom is 0.221 e. The minimum atomic E-state index is -0.0437. The maximum atomic E-state index is 8.71. The van der Waals surface area contributed by atoms with Gasteiger partial charge in [0.15, 0.2) is 0 Å². The summed E-state index contributed by atoms with van der Waals surface area (Å²) in [4.78, 5) is 8.53. The Morgan fingerprint density at radius 3 is 2.75 bits per heavy atom. The quantitative estimate of drug-likeness (QED) is 0.480. The number of hydrogen-bond donors (Lipinski definition) is 3. The van der Waals surface area contributed by atoms with Gasteiger partial charge in [-0.3, -0.25) is 0 Å². The smallest absolute Gasteiger partial charge is 0.221 e. The van der Waals surface area contributed by atoms with Crippen LogP contribution in [0.25, 0.3) is 0 Å². The number of rotatable bonds is 6. The molecule has 0 bridgehead atoms. The van der Waals surface area contributed by atoms with Crippen molar-refractivity contribution in [2.75, 3.05) is 18.6 Å². The molecule has 90 valence electrons. The largest absolute Gasteiger partial charge is 0.475 e. The van der Waals surface area contributed by atoms with E-state index in [1.807, 2.05) is 13.8 Å². The van der Waals surface area contributed by atoms with Gasteiger partial charge in [0.1, 0.15) is 18.2 Å². The first kappa shape index (κ1) is 12.7. The summed E-state index contributed by atoms with van der Waals surface area (Å²) in [6.07, 6.45) is 1.72. The molecular formula is C10H18N4O2. The molecule has 0 aliphatic heterocycles. The summed E-state index contributed by atoms with van der Waals surface area (Å²) in [5, 5.41) is 8.71. The van der Waals surface area contributed by atoms with Crippen molar-refractivity contribution in [1.82, 2.24) is 9.97 Å². The first-order valence-corrected chi connectivity index (χ1v) is 5.30. The normalized spacial score (nSPS) is 10.2. The van der Waals surface area contributed by atoms with Crippen LogP contribution in [0, 0.1) is 6.92 Å². The van der Waals surface area contributed by atoms with Gasteiger partial charge in [-0.2, -0.15) is 4.98 Å². The van der Waals surface area contributed by atoms with Crippen LogP contribution in [-0.2, 0) is 6.42 Å². The van der Waals surface area contributed by atoms with Crippen molar-refractivity contribution >= 4 is 5.82 Å². The Bertz CT molecular complexity index is 344. The van der Waals surface area contributed by atoms with Crippen molar-refractivity contribution in [3.63, 3.8) is 0 Å². The minimum Gasteiger partial charge on any atom is -0.475 e. The second kappa shape index (κ2) is 6.24. The average Bonchev–Trinajstić information content (AvgIpc) is 2.29. The van der Waals surface area contributed by atoms with E-state index in [0.717, 1.165) is 18.4 Å². The molecule has 4 N–H and O–H groups in total. The van der Waals surface area contributed by atoms with Crippen LogP contribution in [0.5, 0.6) is 5.88 Å². The second-order valence-corrected chi connectivity index (χ2v) is 3.39. The Kier molecular flexibility index (Phi) is 4.94. The molecule has 6 heteroatoms. The van der Waals surface area contributed by atoms with Gasteiger partial charge in [0, 0.05) is 6.42 Å². The summed E-state index contributed by atoms with van der Waals surface area (Å²) in [5.74, 6) is 7.09. The molecule has 0 unspecified atom stereocenters. The third-order valence-electron chi connectivity index (χ3n) is 2.09. The van der Waals surface area contributed by atoms with Crippen molar-refractivity contribution in [3.8, 4) is 5.88 Å². The lowest BCUT2D eigenvalue weighted by atomic mass is 10.3. The highest BCUT2D eigenvalue weighted by atomic mass is 16.5. The Labute approximate surface area is 94.8 Å². The topological polar surface area (TPSA) is 93.3 Å². The maximum absolute atomic E-state index is 8.71. The monoisotopic (exact) mass is 226 g/mol. The highest BCUT2D eigenvalue weighted by Gasteiger charge is 2.10. The molecule has 0 aromatic carbocycles. The molecule has 0 aliphatic rings. The lowest BCUT2D eigenvalue weighted by Crippen LogP contribution is -2.14. The van der Waals surface area contributed by atoms with Crippen LogP contribution in [0.3, 0.4) is 0 Å². The first-order valence-electron chi connectivity index (χ1n) is 5.30. The minimum absolute atomic E-state index is 0.0437. The second-order valence-electron chi connectivity index (χ2n) is 3.39. The SMILES string of the molecule is CCCc1nc(NN)c(C)c(OCCO)n1. The number of aryl methyl sites for hydroxylation is 1. The van der Waals surface area contributed by atoms with Crippen LogP contribution < -0.4 is 16.0 Å². The summed E-state index contributed by atoms with van der Waals surface area (Å²) in [5.41, 5.74) is 3.26. The lowest BCUT2D eigenvalue weighted by molar-refractivity contribution is 0.195. The van der Waals surface area contributed by atoms with E-state index in [1.54, 1.807) is 0 Å². The molecule has 0 atom stereocenters. The fourth-order valence-corrected chi connectivity index (χ4v) is 1.30. The molecule has 1 aromatic heterocycles. The number of nitrogen functional groups attached to an aromatic ring is 1. The van der Waals surface area contributed by atoms with Crippen molar-refractivity contribution in [2.24, 2.45) is 5.84 Å². The summed E-state index contributed by atoms with van der Waals surface area (Å²) >= 11 is 0. The van der Waals surface area contributed by atoms with E-state index in [9.17, 15) is 0 Å². The number of nitrogens with one attached hydrogen (secondary N) is 1. The Balaban J connectivity index is 2.98. The van der Waals surface area contributed by atoms with Gasteiger partial charge in [0.05, 0.1) is 12.2 Å². The van der Waals surface area contributed by atoms with Gasteiger partial charge < -0.3 is 15.3 Å². The van der Waals surface area contributed by atoms with Crippen LogP contribution in [0.4, 0.5) is 5.82 Å². The standard InChI is InChI=1S/C10H18N4O2/c1-3-4-8-12-9(14-11)7(2)10(13-8)16-6-5-15/h15H,3-6,11H2,1-2H3,(H,12,13,14). The number of anilines is 1. The van der Waals surface area contributed by atoms with Gasteiger partial charge >= 0.3 is 0 Å². The number of aromatic nitrogens is 2. The summed E-state index contributed by atoms with van der Waals surface area (Å²) in [6, 6.07) is 0. The van der Waals surface area contributed by atoms with Crippen LogP contribution in [-0.4, -0.2) is 28.3 Å². The number of hydrogen-bond acceptors (Lipinski definition) is 6. The molecule has 0 fully saturated rings. The summed E-state index contributed by atoms with van der Waals surface area (Å²) < 4.78 is 5.32. The number of aliphatic hydroxyl groups is 1. The van der Waals surface area contributed by atoms with E-state index in [0.29, 0.717) is 17.5 Å². The van der Waals surface area contributed by atoms with Crippen molar-refractivity contribution < 1.29 is 9.84 Å². The van der Waals surface area contributed by atoms with Crippen LogP contribution >= 0.6 is 0 Å². The average molecular weight is 226 g/mol. The molecule has 0 saturated heterocycles. The van der Waals surface area contributed by atoms with E-state index in [4.69, 9.17) is 15.7 Å². The Morgan fingerprint density at radius 2 is 2.19 bits per heavy atom. The number of nitrogens with two attached hydrogens (primary N) is 1. The highest BCUT2D eigenvalue weighted by molar-refractivity contribution is 5.47. The van der Waals surface area contributed by atoms with Crippen LogP contribution in [0.1, 0.15) is 24.7 Å². The van der Waals surface area contributed by atoms with Crippen molar-refractivity contribution in [1.29, 1.82) is 0 Å². The summed E-state index contributed by atoms with van der Waals surface area (Å²) in [6.45, 7) is 4.04. The van der Waals surface area contributed by atoms with Gasteiger partial charge in [-0.1, -0.05) is 6.92 Å². The van der Waals surface area contributed by atoms with E-state index < -0.39 is 0 Å². The zero-order valence-corrected chi connectivity index (χ0v) is 9.66. The molecular weight excluding hydrogens is 208 g/mol. The molecule has 0 amide bonds. The fraction of sp³-hybridized carbons (Fsp3) is 0.600. The molecule has 0 aliphatic carbocycles. The van der Waals surface area contributed by atoms with Gasteiger partial charge in [-0.15, -0.1) is 0 Å². The molecule has 1 rings (SSSR count).